The van der Waals surface area contributed by atoms with Gasteiger partial charge in [-0.15, -0.1) is 0 Å². The standard InChI is InChI=1S/C30H34N2/c1-2-5-14-26(13-4-1)18-12-19-27-22-23-30(29-21-10-11-24-31-29)32-28(27)20-9-8-17-25-15-6-3-7-16-25/h1-2,4,6,10-11,13-16,21-24H,3,5,7-9,12,17-20H2. The van der Waals surface area contributed by atoms with Gasteiger partial charge in [-0.25, -0.2) is 0 Å². The van der Waals surface area contributed by atoms with Crippen molar-refractivity contribution < 1.29 is 0 Å². The summed E-state index contributed by atoms with van der Waals surface area (Å²) in [5.74, 6) is 0. The van der Waals surface area contributed by atoms with Crippen LogP contribution in [0.15, 0.2) is 96.3 Å². The number of hydrogen-bond donors (Lipinski definition) is 0. The maximum atomic E-state index is 5.08. The van der Waals surface area contributed by atoms with E-state index in [4.69, 9.17) is 4.98 Å². The predicted octanol–water partition coefficient (Wildman–Crippen LogP) is 7.90. The van der Waals surface area contributed by atoms with Crippen LogP contribution in [0, 0.1) is 0 Å². The molecule has 32 heavy (non-hydrogen) atoms. The van der Waals surface area contributed by atoms with Crippen LogP contribution in [0.1, 0.15) is 62.6 Å². The van der Waals surface area contributed by atoms with Crippen LogP contribution in [0.2, 0.25) is 0 Å². The lowest BCUT2D eigenvalue weighted by molar-refractivity contribution is 0.708. The summed E-state index contributed by atoms with van der Waals surface area (Å²) in [6.07, 6.45) is 31.4. The van der Waals surface area contributed by atoms with Crippen molar-refractivity contribution in [3.8, 4) is 11.4 Å². The zero-order chi connectivity index (χ0) is 21.8. The van der Waals surface area contributed by atoms with Gasteiger partial charge in [-0.2, -0.15) is 0 Å². The number of allylic oxidation sites excluding steroid dienone is 10. The van der Waals surface area contributed by atoms with Gasteiger partial charge in [0.15, 0.2) is 0 Å². The molecule has 2 heterocycles. The monoisotopic (exact) mass is 422 g/mol. The maximum absolute atomic E-state index is 5.08. The van der Waals surface area contributed by atoms with Crippen LogP contribution in [0.3, 0.4) is 0 Å². The zero-order valence-electron chi connectivity index (χ0n) is 19.0. The summed E-state index contributed by atoms with van der Waals surface area (Å²) in [6.45, 7) is 0. The van der Waals surface area contributed by atoms with Crippen molar-refractivity contribution >= 4 is 0 Å². The van der Waals surface area contributed by atoms with E-state index in [0.717, 1.165) is 43.5 Å². The fraction of sp³-hybridized carbons (Fsp3) is 0.333. The third kappa shape index (κ3) is 6.75. The Morgan fingerprint density at radius 1 is 0.688 bits per heavy atom. The van der Waals surface area contributed by atoms with Gasteiger partial charge in [0, 0.05) is 11.9 Å². The number of hydrogen-bond acceptors (Lipinski definition) is 2. The van der Waals surface area contributed by atoms with Crippen LogP contribution in [0.25, 0.3) is 11.4 Å². The van der Waals surface area contributed by atoms with Crippen LogP contribution < -0.4 is 0 Å². The van der Waals surface area contributed by atoms with Crippen molar-refractivity contribution in [2.75, 3.05) is 0 Å². The molecule has 2 nitrogen and oxygen atoms in total. The lowest BCUT2D eigenvalue weighted by atomic mass is 9.97. The first-order chi connectivity index (χ1) is 15.9. The molecular weight excluding hydrogens is 388 g/mol. The van der Waals surface area contributed by atoms with E-state index in [2.05, 4.69) is 65.7 Å². The average Bonchev–Trinajstić information content (AvgIpc) is 3.13. The Balaban J connectivity index is 1.40. The van der Waals surface area contributed by atoms with Gasteiger partial charge >= 0.3 is 0 Å². The molecule has 2 aromatic rings. The summed E-state index contributed by atoms with van der Waals surface area (Å²) in [6, 6.07) is 10.5. The minimum Gasteiger partial charge on any atom is -0.255 e. The summed E-state index contributed by atoms with van der Waals surface area (Å²) in [5.41, 5.74) is 7.56. The van der Waals surface area contributed by atoms with Crippen LogP contribution >= 0.6 is 0 Å². The first-order valence-corrected chi connectivity index (χ1v) is 12.2. The quantitative estimate of drug-likeness (QED) is 0.364. The second-order valence-corrected chi connectivity index (χ2v) is 8.64. The molecule has 2 aliphatic rings. The Labute approximate surface area is 193 Å². The maximum Gasteiger partial charge on any atom is 0.0889 e. The number of unbranched alkanes of at least 4 members (excludes halogenated alkanes) is 1. The first kappa shape index (κ1) is 22.2. The molecule has 0 atom stereocenters. The highest BCUT2D eigenvalue weighted by Gasteiger charge is 2.09. The molecule has 0 amide bonds. The Morgan fingerprint density at radius 2 is 1.59 bits per heavy atom. The fourth-order valence-corrected chi connectivity index (χ4v) is 4.40. The molecule has 4 rings (SSSR count). The highest BCUT2D eigenvalue weighted by Crippen LogP contribution is 2.23. The summed E-state index contributed by atoms with van der Waals surface area (Å²) < 4.78 is 0. The smallest absolute Gasteiger partial charge is 0.0889 e. The largest absolute Gasteiger partial charge is 0.255 e. The lowest BCUT2D eigenvalue weighted by Gasteiger charge is -2.12. The Morgan fingerprint density at radius 3 is 2.47 bits per heavy atom. The zero-order valence-corrected chi connectivity index (χ0v) is 19.0. The second kappa shape index (κ2) is 12.1. The normalized spacial score (nSPS) is 15.4. The number of rotatable bonds is 10. The van der Waals surface area contributed by atoms with Gasteiger partial charge in [0.05, 0.1) is 11.4 Å². The average molecular weight is 423 g/mol. The van der Waals surface area contributed by atoms with Crippen LogP contribution in [-0.4, -0.2) is 9.97 Å². The predicted molar refractivity (Wildman–Crippen MR) is 135 cm³/mol. The molecule has 0 N–H and O–H groups in total. The van der Waals surface area contributed by atoms with E-state index in [1.54, 1.807) is 0 Å². The van der Waals surface area contributed by atoms with E-state index in [0.29, 0.717) is 0 Å². The van der Waals surface area contributed by atoms with Gasteiger partial charge in [-0.05, 0) is 88.0 Å². The topological polar surface area (TPSA) is 25.8 Å². The molecule has 0 fully saturated rings. The van der Waals surface area contributed by atoms with E-state index in [1.165, 1.54) is 54.5 Å². The van der Waals surface area contributed by atoms with Gasteiger partial charge < -0.3 is 0 Å². The molecule has 0 aromatic carbocycles. The van der Waals surface area contributed by atoms with Gasteiger partial charge in [0.2, 0.25) is 0 Å². The molecule has 0 radical (unpaired) electrons. The van der Waals surface area contributed by atoms with E-state index >= 15 is 0 Å². The Kier molecular flexibility index (Phi) is 8.43. The molecule has 2 heteroatoms. The van der Waals surface area contributed by atoms with Crippen molar-refractivity contribution in [2.24, 2.45) is 0 Å². The van der Waals surface area contributed by atoms with Crippen LogP contribution in [0.5, 0.6) is 0 Å². The van der Waals surface area contributed by atoms with E-state index in [-0.39, 0.29) is 0 Å². The molecule has 0 spiro atoms. The highest BCUT2D eigenvalue weighted by molar-refractivity contribution is 5.54. The summed E-state index contributed by atoms with van der Waals surface area (Å²) >= 11 is 0. The Bertz CT molecular complexity index is 1020. The third-order valence-electron chi connectivity index (χ3n) is 6.18. The van der Waals surface area contributed by atoms with Gasteiger partial charge in [0.1, 0.15) is 0 Å². The molecule has 164 valence electrons. The summed E-state index contributed by atoms with van der Waals surface area (Å²) in [5, 5.41) is 0. The van der Waals surface area contributed by atoms with Crippen molar-refractivity contribution in [3.05, 3.63) is 108 Å². The van der Waals surface area contributed by atoms with E-state index in [9.17, 15) is 0 Å². The number of nitrogens with zero attached hydrogens (tertiary/aromatic N) is 2. The third-order valence-corrected chi connectivity index (χ3v) is 6.18. The molecular formula is C30H34N2. The van der Waals surface area contributed by atoms with E-state index in [1.807, 2.05) is 24.4 Å². The van der Waals surface area contributed by atoms with Crippen molar-refractivity contribution in [1.82, 2.24) is 9.97 Å². The van der Waals surface area contributed by atoms with Crippen LogP contribution in [0.4, 0.5) is 0 Å². The molecule has 0 aliphatic heterocycles. The lowest BCUT2D eigenvalue weighted by Crippen LogP contribution is -2.01. The summed E-state index contributed by atoms with van der Waals surface area (Å²) in [7, 11) is 0. The highest BCUT2D eigenvalue weighted by atomic mass is 14.8. The van der Waals surface area contributed by atoms with E-state index < -0.39 is 0 Å². The van der Waals surface area contributed by atoms with Gasteiger partial charge in [-0.1, -0.05) is 71.9 Å². The number of aromatic nitrogens is 2. The molecule has 0 unspecified atom stereocenters. The molecule has 2 aliphatic carbocycles. The minimum atomic E-state index is 0.957. The number of aryl methyl sites for hydroxylation is 2. The van der Waals surface area contributed by atoms with Crippen molar-refractivity contribution in [1.29, 1.82) is 0 Å². The minimum absolute atomic E-state index is 0.957. The molecule has 0 saturated heterocycles. The SMILES string of the molecule is C1=CCC=C(CCCc2ccc(-c3ccccn3)nc2CCCCC2=CCCC=C2)C=C1. The van der Waals surface area contributed by atoms with Gasteiger partial charge in [0.25, 0.3) is 0 Å². The van der Waals surface area contributed by atoms with Crippen molar-refractivity contribution in [3.63, 3.8) is 0 Å². The molecule has 2 aromatic heterocycles. The van der Waals surface area contributed by atoms with Crippen molar-refractivity contribution in [2.45, 2.75) is 64.2 Å². The molecule has 0 bridgehead atoms. The Hall–Kier alpha value is -3.00. The second-order valence-electron chi connectivity index (χ2n) is 8.64. The molecule has 0 saturated carbocycles. The fourth-order valence-electron chi connectivity index (χ4n) is 4.40. The number of pyridine rings is 2. The summed E-state index contributed by atoms with van der Waals surface area (Å²) in [4.78, 5) is 9.59. The first-order valence-electron chi connectivity index (χ1n) is 12.2. The van der Waals surface area contributed by atoms with Crippen LogP contribution in [-0.2, 0) is 12.8 Å². The van der Waals surface area contributed by atoms with Gasteiger partial charge in [-0.3, -0.25) is 9.97 Å².